The molecule has 3 aromatic rings. The molecule has 1 unspecified atom stereocenters. The van der Waals surface area contributed by atoms with E-state index in [1.807, 2.05) is 36.8 Å². The van der Waals surface area contributed by atoms with E-state index in [1.54, 1.807) is 12.3 Å². The highest BCUT2D eigenvalue weighted by Crippen LogP contribution is 2.25. The van der Waals surface area contributed by atoms with Gasteiger partial charge < -0.3 is 10.3 Å². The number of hydrogen-bond acceptors (Lipinski definition) is 3. The van der Waals surface area contributed by atoms with Crippen LogP contribution >= 0.6 is 0 Å². The number of nitrogen functional groups attached to an aromatic ring is 1. The Morgan fingerprint density at radius 1 is 1.05 bits per heavy atom. The topological polar surface area (TPSA) is 56.7 Å². The molecule has 0 aliphatic rings. The Morgan fingerprint density at radius 3 is 2.55 bits per heavy atom. The van der Waals surface area contributed by atoms with Crippen LogP contribution in [-0.4, -0.2) is 14.5 Å². The lowest BCUT2D eigenvalue weighted by Crippen LogP contribution is -2.07. The van der Waals surface area contributed by atoms with Gasteiger partial charge in [0.1, 0.15) is 5.82 Å². The normalized spacial score (nSPS) is 12.2. The SMILES string of the molecule is CC(c1ccccc1)n1cncc1-c1ccc(N)nc1. The summed E-state index contributed by atoms with van der Waals surface area (Å²) in [5.41, 5.74) is 8.93. The van der Waals surface area contributed by atoms with Crippen molar-refractivity contribution in [2.75, 3.05) is 5.73 Å². The van der Waals surface area contributed by atoms with E-state index >= 15 is 0 Å². The maximum Gasteiger partial charge on any atom is 0.123 e. The van der Waals surface area contributed by atoms with E-state index in [-0.39, 0.29) is 6.04 Å². The third kappa shape index (κ3) is 2.28. The van der Waals surface area contributed by atoms with E-state index in [9.17, 15) is 0 Å². The third-order valence-corrected chi connectivity index (χ3v) is 3.45. The molecule has 0 saturated carbocycles. The quantitative estimate of drug-likeness (QED) is 0.790. The molecule has 0 aliphatic heterocycles. The van der Waals surface area contributed by atoms with Gasteiger partial charge in [-0.25, -0.2) is 9.97 Å². The maximum atomic E-state index is 5.64. The van der Waals surface area contributed by atoms with E-state index in [2.05, 4.69) is 33.6 Å². The Bertz CT molecular complexity index is 686. The van der Waals surface area contributed by atoms with Crippen molar-refractivity contribution in [2.24, 2.45) is 0 Å². The van der Waals surface area contributed by atoms with Crippen LogP contribution in [0, 0.1) is 0 Å². The summed E-state index contributed by atoms with van der Waals surface area (Å²) in [6.45, 7) is 2.16. The number of aromatic nitrogens is 3. The first kappa shape index (κ1) is 12.4. The van der Waals surface area contributed by atoms with Crippen molar-refractivity contribution in [3.8, 4) is 11.3 Å². The molecule has 0 spiro atoms. The summed E-state index contributed by atoms with van der Waals surface area (Å²) in [7, 11) is 0. The number of imidazole rings is 1. The number of hydrogen-bond donors (Lipinski definition) is 1. The molecule has 100 valence electrons. The first-order valence-corrected chi connectivity index (χ1v) is 6.54. The van der Waals surface area contributed by atoms with Crippen molar-refractivity contribution in [1.29, 1.82) is 0 Å². The predicted octanol–water partition coefficient (Wildman–Crippen LogP) is 3.14. The highest BCUT2D eigenvalue weighted by molar-refractivity contribution is 5.59. The van der Waals surface area contributed by atoms with Crippen LogP contribution in [0.5, 0.6) is 0 Å². The third-order valence-electron chi connectivity index (χ3n) is 3.45. The molecule has 2 N–H and O–H groups in total. The summed E-state index contributed by atoms with van der Waals surface area (Å²) in [5.74, 6) is 0.524. The lowest BCUT2D eigenvalue weighted by atomic mass is 10.1. The highest BCUT2D eigenvalue weighted by atomic mass is 15.1. The average Bonchev–Trinajstić information content (AvgIpc) is 2.97. The van der Waals surface area contributed by atoms with E-state index in [0.29, 0.717) is 5.82 Å². The fraction of sp³-hybridized carbons (Fsp3) is 0.125. The standard InChI is InChI=1S/C16H16N4/c1-12(13-5-3-2-4-6-13)20-11-18-10-15(20)14-7-8-16(17)19-9-14/h2-12H,1H3,(H2,17,19). The van der Waals surface area contributed by atoms with Crippen LogP contribution in [-0.2, 0) is 0 Å². The minimum atomic E-state index is 0.214. The molecular weight excluding hydrogens is 248 g/mol. The first-order valence-electron chi connectivity index (χ1n) is 6.54. The Kier molecular flexibility index (Phi) is 3.21. The zero-order valence-electron chi connectivity index (χ0n) is 11.3. The molecule has 0 radical (unpaired) electrons. The Balaban J connectivity index is 2.00. The van der Waals surface area contributed by atoms with Gasteiger partial charge in [-0.3, -0.25) is 0 Å². The van der Waals surface area contributed by atoms with Gasteiger partial charge in [0.05, 0.1) is 24.3 Å². The second kappa shape index (κ2) is 5.17. The fourth-order valence-corrected chi connectivity index (χ4v) is 2.29. The Hall–Kier alpha value is -2.62. The fourth-order valence-electron chi connectivity index (χ4n) is 2.29. The smallest absolute Gasteiger partial charge is 0.123 e. The van der Waals surface area contributed by atoms with Gasteiger partial charge in [0.25, 0.3) is 0 Å². The number of rotatable bonds is 3. The van der Waals surface area contributed by atoms with Crippen molar-refractivity contribution in [2.45, 2.75) is 13.0 Å². The zero-order valence-corrected chi connectivity index (χ0v) is 11.3. The van der Waals surface area contributed by atoms with Crippen LogP contribution < -0.4 is 5.73 Å². The first-order chi connectivity index (χ1) is 9.75. The molecule has 2 heterocycles. The second-order valence-electron chi connectivity index (χ2n) is 4.74. The minimum absolute atomic E-state index is 0.214. The summed E-state index contributed by atoms with van der Waals surface area (Å²) in [6.07, 6.45) is 5.48. The molecule has 20 heavy (non-hydrogen) atoms. The lowest BCUT2D eigenvalue weighted by molar-refractivity contribution is 0.644. The van der Waals surface area contributed by atoms with Crippen molar-refractivity contribution >= 4 is 5.82 Å². The molecule has 4 nitrogen and oxygen atoms in total. The molecule has 1 aromatic carbocycles. The summed E-state index contributed by atoms with van der Waals surface area (Å²) in [5, 5.41) is 0. The zero-order chi connectivity index (χ0) is 13.9. The largest absolute Gasteiger partial charge is 0.384 e. The van der Waals surface area contributed by atoms with Crippen molar-refractivity contribution in [3.05, 3.63) is 66.7 Å². The summed E-state index contributed by atoms with van der Waals surface area (Å²) >= 11 is 0. The van der Waals surface area contributed by atoms with Gasteiger partial charge in [0, 0.05) is 11.8 Å². The highest BCUT2D eigenvalue weighted by Gasteiger charge is 2.12. The van der Waals surface area contributed by atoms with Crippen LogP contribution in [0.3, 0.4) is 0 Å². The van der Waals surface area contributed by atoms with Crippen LogP contribution in [0.15, 0.2) is 61.2 Å². The van der Waals surface area contributed by atoms with E-state index in [4.69, 9.17) is 5.73 Å². The van der Waals surface area contributed by atoms with E-state index in [0.717, 1.165) is 11.3 Å². The monoisotopic (exact) mass is 264 g/mol. The van der Waals surface area contributed by atoms with Crippen LogP contribution in [0.25, 0.3) is 11.3 Å². The van der Waals surface area contributed by atoms with Crippen LogP contribution in [0.1, 0.15) is 18.5 Å². The molecule has 2 aromatic heterocycles. The van der Waals surface area contributed by atoms with Crippen molar-refractivity contribution in [3.63, 3.8) is 0 Å². The number of nitrogens with zero attached hydrogens (tertiary/aromatic N) is 3. The molecule has 0 aliphatic carbocycles. The van der Waals surface area contributed by atoms with Gasteiger partial charge in [0.2, 0.25) is 0 Å². The second-order valence-corrected chi connectivity index (χ2v) is 4.74. The molecule has 1 atom stereocenters. The maximum absolute atomic E-state index is 5.64. The van der Waals surface area contributed by atoms with E-state index in [1.165, 1.54) is 5.56 Å². The molecule has 0 amide bonds. The predicted molar refractivity (Wildman–Crippen MR) is 80.1 cm³/mol. The Labute approximate surface area is 117 Å². The van der Waals surface area contributed by atoms with Crippen LogP contribution in [0.2, 0.25) is 0 Å². The summed E-state index contributed by atoms with van der Waals surface area (Å²) in [4.78, 5) is 8.42. The Morgan fingerprint density at radius 2 is 1.85 bits per heavy atom. The summed E-state index contributed by atoms with van der Waals surface area (Å²) in [6, 6.07) is 14.3. The molecular formula is C16H16N4. The van der Waals surface area contributed by atoms with Gasteiger partial charge in [-0.05, 0) is 24.6 Å². The van der Waals surface area contributed by atoms with Gasteiger partial charge in [-0.2, -0.15) is 0 Å². The summed E-state index contributed by atoms with van der Waals surface area (Å²) < 4.78 is 2.14. The van der Waals surface area contributed by atoms with Gasteiger partial charge >= 0.3 is 0 Å². The van der Waals surface area contributed by atoms with E-state index < -0.39 is 0 Å². The minimum Gasteiger partial charge on any atom is -0.384 e. The van der Waals surface area contributed by atoms with Crippen LogP contribution in [0.4, 0.5) is 5.82 Å². The number of anilines is 1. The van der Waals surface area contributed by atoms with Gasteiger partial charge in [-0.15, -0.1) is 0 Å². The van der Waals surface area contributed by atoms with Crippen molar-refractivity contribution in [1.82, 2.24) is 14.5 Å². The van der Waals surface area contributed by atoms with Gasteiger partial charge in [-0.1, -0.05) is 30.3 Å². The van der Waals surface area contributed by atoms with Gasteiger partial charge in [0.15, 0.2) is 0 Å². The molecule has 3 rings (SSSR count). The molecule has 0 bridgehead atoms. The number of pyridine rings is 1. The molecule has 4 heteroatoms. The molecule has 0 saturated heterocycles. The molecule has 0 fully saturated rings. The number of nitrogens with two attached hydrogens (primary N) is 1. The van der Waals surface area contributed by atoms with Crippen molar-refractivity contribution < 1.29 is 0 Å². The lowest BCUT2D eigenvalue weighted by Gasteiger charge is -2.17. The average molecular weight is 264 g/mol. The number of benzene rings is 1.